The molecule has 1 aliphatic rings. The lowest BCUT2D eigenvalue weighted by Crippen LogP contribution is -2.40. The molecule has 1 unspecified atom stereocenters. The first-order valence-electron chi connectivity index (χ1n) is 9.17. The Morgan fingerprint density at radius 3 is 2.67 bits per heavy atom. The first-order valence-corrected chi connectivity index (χ1v) is 10.0. The number of amides is 1. The maximum atomic E-state index is 13.1. The fraction of sp³-hybridized carbons (Fsp3) is 0.286. The van der Waals surface area contributed by atoms with Crippen molar-refractivity contribution in [1.29, 1.82) is 0 Å². The molecule has 6 heteroatoms. The molecule has 1 atom stereocenters. The number of hydrogen-bond acceptors (Lipinski definition) is 4. The van der Waals surface area contributed by atoms with Gasteiger partial charge in [-0.05, 0) is 49.9 Å². The van der Waals surface area contributed by atoms with Crippen LogP contribution in [0.1, 0.15) is 24.5 Å². The van der Waals surface area contributed by atoms with Crippen LogP contribution in [-0.2, 0) is 11.2 Å². The number of para-hydroxylation sites is 2. The number of aromatic nitrogens is 3. The molecule has 0 spiro atoms. The SMILES string of the molecule is Cc1ccccc1-n1cnnc1SC(C)C(=O)N1CCCc2ccccc21. The minimum absolute atomic E-state index is 0.117. The maximum absolute atomic E-state index is 13.1. The van der Waals surface area contributed by atoms with E-state index < -0.39 is 0 Å². The van der Waals surface area contributed by atoms with Crippen LogP contribution in [0.5, 0.6) is 0 Å². The van der Waals surface area contributed by atoms with E-state index in [1.54, 1.807) is 6.33 Å². The summed E-state index contributed by atoms with van der Waals surface area (Å²) in [5, 5.41) is 8.80. The minimum atomic E-state index is -0.247. The summed E-state index contributed by atoms with van der Waals surface area (Å²) in [6.07, 6.45) is 3.74. The standard InChI is InChI=1S/C21H22N4OS/c1-15-8-3-5-11-18(15)25-14-22-23-21(25)27-16(2)20(26)24-13-7-10-17-9-4-6-12-19(17)24/h3-6,8-9,11-12,14,16H,7,10,13H2,1-2H3. The molecule has 0 radical (unpaired) electrons. The van der Waals surface area contributed by atoms with E-state index >= 15 is 0 Å². The summed E-state index contributed by atoms with van der Waals surface area (Å²) in [6, 6.07) is 16.3. The number of aryl methyl sites for hydroxylation is 2. The molecule has 5 nitrogen and oxygen atoms in total. The molecule has 2 heterocycles. The van der Waals surface area contributed by atoms with Crippen LogP contribution in [0.25, 0.3) is 5.69 Å². The molecule has 1 aromatic heterocycles. The molecule has 0 bridgehead atoms. The summed E-state index contributed by atoms with van der Waals surface area (Å²) in [6.45, 7) is 4.77. The Hall–Kier alpha value is -2.60. The topological polar surface area (TPSA) is 51.0 Å². The lowest BCUT2D eigenvalue weighted by atomic mass is 10.0. The third kappa shape index (κ3) is 3.49. The van der Waals surface area contributed by atoms with Gasteiger partial charge in [0, 0.05) is 12.2 Å². The zero-order valence-corrected chi connectivity index (χ0v) is 16.3. The first-order chi connectivity index (χ1) is 13.1. The highest BCUT2D eigenvalue weighted by Gasteiger charge is 2.28. The number of rotatable bonds is 4. The summed E-state index contributed by atoms with van der Waals surface area (Å²) < 4.78 is 1.95. The van der Waals surface area contributed by atoms with Gasteiger partial charge in [-0.15, -0.1) is 10.2 Å². The zero-order valence-electron chi connectivity index (χ0n) is 15.5. The van der Waals surface area contributed by atoms with Crippen molar-refractivity contribution in [3.05, 3.63) is 66.0 Å². The molecular formula is C21H22N4OS. The third-order valence-corrected chi connectivity index (χ3v) is 5.94. The van der Waals surface area contributed by atoms with Crippen molar-refractivity contribution in [2.45, 2.75) is 37.1 Å². The lowest BCUT2D eigenvalue weighted by Gasteiger charge is -2.31. The highest BCUT2D eigenvalue weighted by Crippen LogP contribution is 2.31. The van der Waals surface area contributed by atoms with Gasteiger partial charge >= 0.3 is 0 Å². The van der Waals surface area contributed by atoms with Crippen LogP contribution in [-0.4, -0.2) is 32.5 Å². The summed E-state index contributed by atoms with van der Waals surface area (Å²) in [4.78, 5) is 15.1. The first kappa shape index (κ1) is 17.8. The molecule has 0 aliphatic carbocycles. The van der Waals surface area contributed by atoms with Crippen molar-refractivity contribution < 1.29 is 4.79 Å². The summed E-state index contributed by atoms with van der Waals surface area (Å²) in [5.74, 6) is 0.117. The lowest BCUT2D eigenvalue weighted by molar-refractivity contribution is -0.117. The Labute approximate surface area is 163 Å². The summed E-state index contributed by atoms with van der Waals surface area (Å²) in [7, 11) is 0. The molecule has 0 saturated heterocycles. The van der Waals surface area contributed by atoms with Crippen LogP contribution in [0.2, 0.25) is 0 Å². The Morgan fingerprint density at radius 2 is 1.85 bits per heavy atom. The van der Waals surface area contributed by atoms with Crippen LogP contribution in [0.3, 0.4) is 0 Å². The predicted molar refractivity (Wildman–Crippen MR) is 109 cm³/mol. The van der Waals surface area contributed by atoms with Gasteiger partial charge in [0.05, 0.1) is 10.9 Å². The average Bonchev–Trinajstić information content (AvgIpc) is 3.15. The monoisotopic (exact) mass is 378 g/mol. The van der Waals surface area contributed by atoms with Gasteiger partial charge in [0.15, 0.2) is 5.16 Å². The molecule has 0 N–H and O–H groups in total. The van der Waals surface area contributed by atoms with Crippen LogP contribution < -0.4 is 4.90 Å². The number of fused-ring (bicyclic) bond motifs is 1. The average molecular weight is 379 g/mol. The van der Waals surface area contributed by atoms with Crippen LogP contribution in [0.4, 0.5) is 5.69 Å². The third-order valence-electron chi connectivity index (χ3n) is 4.90. The molecule has 0 fully saturated rings. The van der Waals surface area contributed by atoms with E-state index in [0.29, 0.717) is 0 Å². The molecule has 1 aliphatic heterocycles. The van der Waals surface area contributed by atoms with E-state index in [9.17, 15) is 4.79 Å². The summed E-state index contributed by atoms with van der Waals surface area (Å²) >= 11 is 1.45. The van der Waals surface area contributed by atoms with E-state index in [1.165, 1.54) is 17.3 Å². The van der Waals surface area contributed by atoms with E-state index in [0.717, 1.165) is 41.5 Å². The molecule has 3 aromatic rings. The van der Waals surface area contributed by atoms with Crippen LogP contribution in [0, 0.1) is 6.92 Å². The summed E-state index contributed by atoms with van der Waals surface area (Å²) in [5.41, 5.74) is 4.47. The van der Waals surface area contributed by atoms with Gasteiger partial charge < -0.3 is 4.90 Å². The van der Waals surface area contributed by atoms with Gasteiger partial charge in [0.2, 0.25) is 5.91 Å². The van der Waals surface area contributed by atoms with Crippen molar-refractivity contribution in [3.63, 3.8) is 0 Å². The zero-order chi connectivity index (χ0) is 18.8. The molecule has 0 saturated carbocycles. The Balaban J connectivity index is 1.56. The maximum Gasteiger partial charge on any atom is 0.240 e. The van der Waals surface area contributed by atoms with Crippen molar-refractivity contribution in [2.75, 3.05) is 11.4 Å². The number of carbonyl (C=O) groups excluding carboxylic acids is 1. The number of anilines is 1. The van der Waals surface area contributed by atoms with E-state index in [-0.39, 0.29) is 11.2 Å². The number of carbonyl (C=O) groups is 1. The molecule has 138 valence electrons. The van der Waals surface area contributed by atoms with Crippen molar-refractivity contribution in [3.8, 4) is 5.69 Å². The van der Waals surface area contributed by atoms with Gasteiger partial charge in [0.1, 0.15) is 6.33 Å². The second-order valence-corrected chi connectivity index (χ2v) is 8.06. The Bertz CT molecular complexity index is 968. The Kier molecular flexibility index (Phi) is 4.99. The second kappa shape index (κ2) is 7.56. The van der Waals surface area contributed by atoms with Crippen molar-refractivity contribution in [2.24, 2.45) is 0 Å². The van der Waals surface area contributed by atoms with Gasteiger partial charge in [-0.1, -0.05) is 48.2 Å². The largest absolute Gasteiger partial charge is 0.311 e. The molecular weight excluding hydrogens is 356 g/mol. The van der Waals surface area contributed by atoms with Gasteiger partial charge in [0.25, 0.3) is 0 Å². The highest BCUT2D eigenvalue weighted by molar-refractivity contribution is 8.00. The number of nitrogens with zero attached hydrogens (tertiary/aromatic N) is 4. The van der Waals surface area contributed by atoms with Crippen molar-refractivity contribution >= 4 is 23.4 Å². The second-order valence-electron chi connectivity index (χ2n) is 6.75. The Morgan fingerprint density at radius 1 is 1.11 bits per heavy atom. The van der Waals surface area contributed by atoms with Gasteiger partial charge in [-0.25, -0.2) is 0 Å². The van der Waals surface area contributed by atoms with Crippen molar-refractivity contribution in [1.82, 2.24) is 14.8 Å². The molecule has 27 heavy (non-hydrogen) atoms. The molecule has 4 rings (SSSR count). The quantitative estimate of drug-likeness (QED) is 0.643. The number of benzene rings is 2. The normalized spacial score (nSPS) is 14.7. The fourth-order valence-corrected chi connectivity index (χ4v) is 4.39. The number of thioether (sulfide) groups is 1. The van der Waals surface area contributed by atoms with E-state index in [4.69, 9.17) is 0 Å². The van der Waals surface area contributed by atoms with Crippen LogP contribution >= 0.6 is 11.8 Å². The smallest absolute Gasteiger partial charge is 0.240 e. The minimum Gasteiger partial charge on any atom is -0.311 e. The van der Waals surface area contributed by atoms with Crippen LogP contribution in [0.15, 0.2) is 60.0 Å². The van der Waals surface area contributed by atoms with E-state index in [2.05, 4.69) is 29.3 Å². The van der Waals surface area contributed by atoms with Gasteiger partial charge in [-0.2, -0.15) is 0 Å². The number of hydrogen-bond donors (Lipinski definition) is 0. The van der Waals surface area contributed by atoms with E-state index in [1.807, 2.05) is 52.8 Å². The highest BCUT2D eigenvalue weighted by atomic mass is 32.2. The fourth-order valence-electron chi connectivity index (χ4n) is 3.49. The molecule has 1 amide bonds. The predicted octanol–water partition coefficient (Wildman–Crippen LogP) is 4.04. The molecule has 2 aromatic carbocycles. The van der Waals surface area contributed by atoms with Gasteiger partial charge in [-0.3, -0.25) is 9.36 Å².